The molecule has 1 heterocycles. The molecule has 0 aliphatic rings. The van der Waals surface area contributed by atoms with Crippen molar-refractivity contribution in [2.75, 3.05) is 19.4 Å². The van der Waals surface area contributed by atoms with Gasteiger partial charge in [-0.3, -0.25) is 4.79 Å². The summed E-state index contributed by atoms with van der Waals surface area (Å²) in [5.41, 5.74) is 2.22. The van der Waals surface area contributed by atoms with Gasteiger partial charge in [0, 0.05) is 30.9 Å². The van der Waals surface area contributed by atoms with E-state index in [1.54, 1.807) is 13.0 Å². The molecule has 1 atom stereocenters. The zero-order chi connectivity index (χ0) is 18.8. The van der Waals surface area contributed by atoms with Crippen LogP contribution >= 0.6 is 23.1 Å². The van der Waals surface area contributed by atoms with E-state index in [2.05, 4.69) is 10.3 Å². The second kappa shape index (κ2) is 7.86. The standard InChI is InChI=1S/C16H21N3O3S3/c1-10-6-7-13(25(21,22)19(4)5)8-14(10)18-15(20)12(3)24-16-17-11(2)9-23-16/h6-9,12H,1-5H3,(H,18,20). The Hall–Kier alpha value is -1.42. The molecule has 0 radical (unpaired) electrons. The third-order valence-corrected chi connectivity index (χ3v) is 7.49. The maximum absolute atomic E-state index is 12.5. The average Bonchev–Trinajstić information content (AvgIpc) is 2.94. The van der Waals surface area contributed by atoms with Crippen LogP contribution in [0.5, 0.6) is 0 Å². The number of hydrogen-bond donors (Lipinski definition) is 1. The molecule has 1 aromatic carbocycles. The number of aromatic nitrogens is 1. The number of sulfonamides is 1. The first-order valence-electron chi connectivity index (χ1n) is 7.54. The number of aryl methyl sites for hydroxylation is 2. The molecule has 1 aromatic heterocycles. The summed E-state index contributed by atoms with van der Waals surface area (Å²) in [7, 11) is -0.601. The minimum absolute atomic E-state index is 0.147. The predicted octanol–water partition coefficient (Wildman–Crippen LogP) is 3.13. The second-order valence-electron chi connectivity index (χ2n) is 5.77. The lowest BCUT2D eigenvalue weighted by molar-refractivity contribution is -0.115. The van der Waals surface area contributed by atoms with Crippen molar-refractivity contribution in [2.45, 2.75) is 35.3 Å². The number of thioether (sulfide) groups is 1. The minimum Gasteiger partial charge on any atom is -0.325 e. The summed E-state index contributed by atoms with van der Waals surface area (Å²) in [5, 5.41) is 4.41. The molecular formula is C16H21N3O3S3. The van der Waals surface area contributed by atoms with E-state index in [-0.39, 0.29) is 16.1 Å². The van der Waals surface area contributed by atoms with Crippen molar-refractivity contribution < 1.29 is 13.2 Å². The fraction of sp³-hybridized carbons (Fsp3) is 0.375. The van der Waals surface area contributed by atoms with E-state index in [4.69, 9.17) is 0 Å². The van der Waals surface area contributed by atoms with Crippen LogP contribution < -0.4 is 5.32 Å². The third-order valence-electron chi connectivity index (χ3n) is 3.49. The molecule has 1 N–H and O–H groups in total. The van der Waals surface area contributed by atoms with Crippen LogP contribution in [0, 0.1) is 13.8 Å². The van der Waals surface area contributed by atoms with E-state index < -0.39 is 10.0 Å². The number of nitrogens with zero attached hydrogens (tertiary/aromatic N) is 2. The summed E-state index contributed by atoms with van der Waals surface area (Å²) < 4.78 is 26.5. The third kappa shape index (κ3) is 4.81. The summed E-state index contributed by atoms with van der Waals surface area (Å²) >= 11 is 2.88. The highest BCUT2D eigenvalue weighted by Crippen LogP contribution is 2.28. The smallest absolute Gasteiger partial charge is 0.242 e. The summed E-state index contributed by atoms with van der Waals surface area (Å²) in [4.78, 5) is 16.9. The van der Waals surface area contributed by atoms with Crippen molar-refractivity contribution in [1.29, 1.82) is 0 Å². The number of nitrogens with one attached hydrogen (secondary N) is 1. The van der Waals surface area contributed by atoms with Gasteiger partial charge in [0.2, 0.25) is 15.9 Å². The van der Waals surface area contributed by atoms with E-state index in [0.717, 1.165) is 19.9 Å². The maximum Gasteiger partial charge on any atom is 0.242 e. The van der Waals surface area contributed by atoms with Crippen molar-refractivity contribution in [3.05, 3.63) is 34.8 Å². The number of carbonyl (C=O) groups is 1. The number of anilines is 1. The normalized spacial score (nSPS) is 13.0. The molecule has 1 amide bonds. The van der Waals surface area contributed by atoms with Crippen molar-refractivity contribution >= 4 is 44.7 Å². The second-order valence-corrected chi connectivity index (χ2v) is 10.4. The van der Waals surface area contributed by atoms with Crippen molar-refractivity contribution in [2.24, 2.45) is 0 Å². The Balaban J connectivity index is 2.17. The number of hydrogen-bond acceptors (Lipinski definition) is 6. The Bertz CT molecular complexity index is 876. The lowest BCUT2D eigenvalue weighted by Crippen LogP contribution is -2.24. The quantitative estimate of drug-likeness (QED) is 0.755. The molecule has 0 aliphatic heterocycles. The topological polar surface area (TPSA) is 79.4 Å². The van der Waals surface area contributed by atoms with E-state index in [9.17, 15) is 13.2 Å². The Morgan fingerprint density at radius 2 is 2.00 bits per heavy atom. The first kappa shape index (κ1) is 19.9. The van der Waals surface area contributed by atoms with Gasteiger partial charge in [0.1, 0.15) is 0 Å². The van der Waals surface area contributed by atoms with Crippen molar-refractivity contribution in [3.8, 4) is 0 Å². The summed E-state index contributed by atoms with van der Waals surface area (Å²) in [6.45, 7) is 5.53. The van der Waals surface area contributed by atoms with E-state index in [1.807, 2.05) is 19.2 Å². The Labute approximate surface area is 156 Å². The molecule has 2 rings (SSSR count). The van der Waals surface area contributed by atoms with Gasteiger partial charge in [-0.05, 0) is 38.5 Å². The van der Waals surface area contributed by atoms with Gasteiger partial charge in [0.05, 0.1) is 10.1 Å². The molecule has 136 valence electrons. The van der Waals surface area contributed by atoms with Crippen LogP contribution in [0.3, 0.4) is 0 Å². The fourth-order valence-electron chi connectivity index (χ4n) is 1.93. The molecule has 9 heteroatoms. The molecule has 1 unspecified atom stereocenters. The summed E-state index contributed by atoms with van der Waals surface area (Å²) in [6.07, 6.45) is 0. The van der Waals surface area contributed by atoms with E-state index in [1.165, 1.54) is 49.3 Å². The molecule has 25 heavy (non-hydrogen) atoms. The molecule has 0 bridgehead atoms. The van der Waals surface area contributed by atoms with Gasteiger partial charge in [0.25, 0.3) is 0 Å². The van der Waals surface area contributed by atoms with Gasteiger partial charge in [-0.15, -0.1) is 11.3 Å². The van der Waals surface area contributed by atoms with Gasteiger partial charge in [-0.25, -0.2) is 17.7 Å². The molecule has 0 aliphatic carbocycles. The van der Waals surface area contributed by atoms with Crippen LogP contribution in [-0.2, 0) is 14.8 Å². The fourth-order valence-corrected chi connectivity index (χ4v) is 4.85. The first-order valence-corrected chi connectivity index (χ1v) is 10.7. The highest BCUT2D eigenvalue weighted by atomic mass is 32.2. The van der Waals surface area contributed by atoms with Crippen LogP contribution in [0.25, 0.3) is 0 Å². The van der Waals surface area contributed by atoms with Gasteiger partial charge in [0.15, 0.2) is 4.34 Å². The highest BCUT2D eigenvalue weighted by molar-refractivity contribution is 8.02. The first-order chi connectivity index (χ1) is 11.6. The van der Waals surface area contributed by atoms with Crippen LogP contribution in [-0.4, -0.2) is 43.0 Å². The summed E-state index contributed by atoms with van der Waals surface area (Å²) in [6, 6.07) is 4.72. The van der Waals surface area contributed by atoms with Crippen LogP contribution in [0.1, 0.15) is 18.2 Å². The monoisotopic (exact) mass is 399 g/mol. The highest BCUT2D eigenvalue weighted by Gasteiger charge is 2.21. The van der Waals surface area contributed by atoms with E-state index >= 15 is 0 Å². The van der Waals surface area contributed by atoms with Crippen molar-refractivity contribution in [1.82, 2.24) is 9.29 Å². The number of thiazole rings is 1. The van der Waals surface area contributed by atoms with Crippen LogP contribution in [0.15, 0.2) is 32.8 Å². The van der Waals surface area contributed by atoms with Gasteiger partial charge >= 0.3 is 0 Å². The number of rotatable bonds is 6. The Morgan fingerprint density at radius 1 is 1.32 bits per heavy atom. The number of benzene rings is 1. The zero-order valence-electron chi connectivity index (χ0n) is 14.7. The van der Waals surface area contributed by atoms with Crippen LogP contribution in [0.4, 0.5) is 5.69 Å². The number of carbonyl (C=O) groups excluding carboxylic acids is 1. The molecule has 2 aromatic rings. The lowest BCUT2D eigenvalue weighted by Gasteiger charge is -2.16. The number of amides is 1. The molecule has 0 saturated carbocycles. The Morgan fingerprint density at radius 3 is 2.56 bits per heavy atom. The van der Waals surface area contributed by atoms with Crippen molar-refractivity contribution in [3.63, 3.8) is 0 Å². The molecule has 0 saturated heterocycles. The lowest BCUT2D eigenvalue weighted by atomic mass is 10.2. The predicted molar refractivity (Wildman–Crippen MR) is 103 cm³/mol. The maximum atomic E-state index is 12.5. The molecule has 0 spiro atoms. The van der Waals surface area contributed by atoms with Gasteiger partial charge < -0.3 is 5.32 Å². The molecule has 6 nitrogen and oxygen atoms in total. The van der Waals surface area contributed by atoms with E-state index in [0.29, 0.717) is 5.69 Å². The molecule has 0 fully saturated rings. The largest absolute Gasteiger partial charge is 0.325 e. The zero-order valence-corrected chi connectivity index (χ0v) is 17.2. The summed E-state index contributed by atoms with van der Waals surface area (Å²) in [5.74, 6) is -0.194. The van der Waals surface area contributed by atoms with Gasteiger partial charge in [-0.2, -0.15) is 0 Å². The Kier molecular flexibility index (Phi) is 6.26. The SMILES string of the molecule is Cc1csc(SC(C)C(=O)Nc2cc(S(=O)(=O)N(C)C)ccc2C)n1. The minimum atomic E-state index is -3.55. The van der Waals surface area contributed by atoms with Crippen LogP contribution in [0.2, 0.25) is 0 Å². The molecular weight excluding hydrogens is 378 g/mol. The van der Waals surface area contributed by atoms with Gasteiger partial charge in [-0.1, -0.05) is 17.8 Å². The average molecular weight is 400 g/mol.